The third-order valence-electron chi connectivity index (χ3n) is 4.87. The Morgan fingerprint density at radius 2 is 1.79 bits per heavy atom. The smallest absolute Gasteiger partial charge is 0.126 e. The number of terminal acetylenes is 1. The third kappa shape index (κ3) is 5.91. The third-order valence-corrected chi connectivity index (χ3v) is 4.87. The lowest BCUT2D eigenvalue weighted by atomic mass is 9.99. The van der Waals surface area contributed by atoms with E-state index in [2.05, 4.69) is 11.2 Å². The van der Waals surface area contributed by atoms with Crippen LogP contribution >= 0.6 is 24.8 Å². The van der Waals surface area contributed by atoms with Gasteiger partial charge in [0.2, 0.25) is 0 Å². The summed E-state index contributed by atoms with van der Waals surface area (Å²) >= 11 is 0. The summed E-state index contributed by atoms with van der Waals surface area (Å²) in [6.45, 7) is 0.291. The van der Waals surface area contributed by atoms with E-state index in [1.54, 1.807) is 0 Å². The van der Waals surface area contributed by atoms with Gasteiger partial charge in [-0.15, -0.1) is 31.2 Å². The van der Waals surface area contributed by atoms with E-state index in [-0.39, 0.29) is 36.8 Å². The molecule has 0 radical (unpaired) electrons. The van der Waals surface area contributed by atoms with Crippen LogP contribution < -0.4 is 11.1 Å². The van der Waals surface area contributed by atoms with E-state index in [9.17, 15) is 13.9 Å². The van der Waals surface area contributed by atoms with Crippen LogP contribution in [0.1, 0.15) is 29.5 Å². The van der Waals surface area contributed by atoms with Crippen molar-refractivity contribution in [1.82, 2.24) is 5.32 Å². The normalized spacial score (nSPS) is 16.1. The van der Waals surface area contributed by atoms with Crippen LogP contribution in [0.2, 0.25) is 0 Å². The first-order valence-corrected chi connectivity index (χ1v) is 8.63. The zero-order valence-corrected chi connectivity index (χ0v) is 16.8. The summed E-state index contributed by atoms with van der Waals surface area (Å²) < 4.78 is 26.5. The molecule has 1 aliphatic rings. The van der Waals surface area contributed by atoms with Crippen molar-refractivity contribution in [3.8, 4) is 12.3 Å². The van der Waals surface area contributed by atoms with Crippen molar-refractivity contribution < 1.29 is 13.9 Å². The molecule has 0 heterocycles. The average Bonchev–Trinajstić information content (AvgIpc) is 3.40. The number of rotatable bonds is 7. The van der Waals surface area contributed by atoms with Gasteiger partial charge in [-0.1, -0.05) is 18.1 Å². The molecule has 2 unspecified atom stereocenters. The molecule has 0 spiro atoms. The number of aliphatic hydroxyl groups excluding tert-OH is 1. The molecule has 2 aromatic carbocycles. The molecule has 7 heteroatoms. The lowest BCUT2D eigenvalue weighted by molar-refractivity contribution is 0.136. The Morgan fingerprint density at radius 3 is 2.36 bits per heavy atom. The molecular weight excluding hydrogens is 405 g/mol. The van der Waals surface area contributed by atoms with Crippen molar-refractivity contribution in [1.29, 1.82) is 0 Å². The SMILES string of the molecule is C#Cc1cccc(C2(NCC(O)C(N)Cc3cc(F)cc(F)c3)CC2)c1.Cl.Cl. The molecule has 0 bridgehead atoms. The summed E-state index contributed by atoms with van der Waals surface area (Å²) in [4.78, 5) is 0. The highest BCUT2D eigenvalue weighted by Gasteiger charge is 2.44. The van der Waals surface area contributed by atoms with Crippen molar-refractivity contribution in [2.45, 2.75) is 36.9 Å². The lowest BCUT2D eigenvalue weighted by Crippen LogP contribution is -2.45. The highest BCUT2D eigenvalue weighted by molar-refractivity contribution is 5.85. The van der Waals surface area contributed by atoms with Gasteiger partial charge in [-0.25, -0.2) is 8.78 Å². The first kappa shape index (κ1) is 24.4. The van der Waals surface area contributed by atoms with Gasteiger partial charge in [-0.2, -0.15) is 0 Å². The van der Waals surface area contributed by atoms with Crippen LogP contribution in [0.4, 0.5) is 8.78 Å². The molecule has 2 atom stereocenters. The minimum atomic E-state index is -0.838. The summed E-state index contributed by atoms with van der Waals surface area (Å²) in [5.41, 5.74) is 8.19. The molecule has 0 amide bonds. The number of hydrogen-bond donors (Lipinski definition) is 3. The van der Waals surface area contributed by atoms with E-state index in [1.165, 1.54) is 12.1 Å². The van der Waals surface area contributed by atoms with E-state index < -0.39 is 23.8 Å². The Balaban J connectivity index is 0.00000196. The number of aliphatic hydroxyl groups is 1. The Kier molecular flexibility index (Phi) is 8.87. The number of benzene rings is 2. The van der Waals surface area contributed by atoms with Crippen molar-refractivity contribution in [2.24, 2.45) is 5.73 Å². The van der Waals surface area contributed by atoms with Gasteiger partial charge in [0.25, 0.3) is 0 Å². The second-order valence-electron chi connectivity index (χ2n) is 6.90. The van der Waals surface area contributed by atoms with Crippen LogP contribution in [0.15, 0.2) is 42.5 Å². The minimum absolute atomic E-state index is 0. The van der Waals surface area contributed by atoms with Crippen LogP contribution in [-0.2, 0) is 12.0 Å². The van der Waals surface area contributed by atoms with Crippen LogP contribution in [0.25, 0.3) is 0 Å². The highest BCUT2D eigenvalue weighted by atomic mass is 35.5. The fraction of sp³-hybridized carbons (Fsp3) is 0.333. The van der Waals surface area contributed by atoms with Gasteiger partial charge in [0, 0.05) is 29.8 Å². The van der Waals surface area contributed by atoms with Gasteiger partial charge in [0.05, 0.1) is 6.10 Å². The molecule has 0 aliphatic heterocycles. The number of nitrogens with one attached hydrogen (secondary N) is 1. The average molecular weight is 429 g/mol. The largest absolute Gasteiger partial charge is 0.390 e. The first-order valence-electron chi connectivity index (χ1n) is 8.63. The van der Waals surface area contributed by atoms with E-state index >= 15 is 0 Å². The number of halogens is 4. The fourth-order valence-corrected chi connectivity index (χ4v) is 3.19. The van der Waals surface area contributed by atoms with E-state index in [0.717, 1.165) is 30.0 Å². The molecule has 0 saturated heterocycles. The predicted octanol–water partition coefficient (Wildman–Crippen LogP) is 3.30. The Hall–Kier alpha value is -1.68. The van der Waals surface area contributed by atoms with Gasteiger partial charge in [0.1, 0.15) is 11.6 Å². The zero-order valence-electron chi connectivity index (χ0n) is 15.2. The van der Waals surface area contributed by atoms with Crippen molar-refractivity contribution in [3.63, 3.8) is 0 Å². The van der Waals surface area contributed by atoms with E-state index in [0.29, 0.717) is 12.1 Å². The van der Waals surface area contributed by atoms with Gasteiger partial charge >= 0.3 is 0 Å². The number of hydrogen-bond acceptors (Lipinski definition) is 3. The second kappa shape index (κ2) is 10.2. The standard InChI is InChI=1S/C21H22F2N2O.2ClH/c1-2-14-4-3-5-16(8-14)21(6-7-21)25-13-20(26)19(24)11-15-9-17(22)12-18(23)10-15;;/h1,3-5,8-10,12,19-20,25-26H,6-7,11,13,24H2;2*1H. The maximum atomic E-state index is 13.3. The molecule has 1 fully saturated rings. The van der Waals surface area contributed by atoms with Crippen molar-refractivity contribution in [3.05, 3.63) is 70.8 Å². The molecular formula is C21H24Cl2F2N2O. The quantitative estimate of drug-likeness (QED) is 0.592. The van der Waals surface area contributed by atoms with Crippen LogP contribution in [0, 0.1) is 24.0 Å². The molecule has 4 N–H and O–H groups in total. The lowest BCUT2D eigenvalue weighted by Gasteiger charge is -2.24. The molecule has 3 nitrogen and oxygen atoms in total. The molecule has 1 saturated carbocycles. The maximum Gasteiger partial charge on any atom is 0.126 e. The van der Waals surface area contributed by atoms with Crippen LogP contribution in [0.5, 0.6) is 0 Å². The Bertz CT molecular complexity index is 817. The summed E-state index contributed by atoms with van der Waals surface area (Å²) in [6.07, 6.45) is 6.72. The van der Waals surface area contributed by atoms with Gasteiger partial charge < -0.3 is 16.2 Å². The van der Waals surface area contributed by atoms with Gasteiger partial charge in [0.15, 0.2) is 0 Å². The fourth-order valence-electron chi connectivity index (χ4n) is 3.19. The van der Waals surface area contributed by atoms with Gasteiger partial charge in [-0.3, -0.25) is 0 Å². The second-order valence-corrected chi connectivity index (χ2v) is 6.90. The predicted molar refractivity (Wildman–Crippen MR) is 112 cm³/mol. The summed E-state index contributed by atoms with van der Waals surface area (Å²) in [5, 5.41) is 13.7. The summed E-state index contributed by atoms with van der Waals surface area (Å²) in [6, 6.07) is 10.4. The Labute approximate surface area is 176 Å². The topological polar surface area (TPSA) is 58.3 Å². The van der Waals surface area contributed by atoms with E-state index in [4.69, 9.17) is 12.2 Å². The molecule has 1 aliphatic carbocycles. The van der Waals surface area contributed by atoms with Crippen molar-refractivity contribution in [2.75, 3.05) is 6.54 Å². The van der Waals surface area contributed by atoms with Crippen LogP contribution in [0.3, 0.4) is 0 Å². The van der Waals surface area contributed by atoms with Gasteiger partial charge in [-0.05, 0) is 54.7 Å². The molecule has 2 aromatic rings. The maximum absolute atomic E-state index is 13.3. The molecule has 0 aromatic heterocycles. The van der Waals surface area contributed by atoms with Crippen molar-refractivity contribution >= 4 is 24.8 Å². The van der Waals surface area contributed by atoms with Crippen LogP contribution in [-0.4, -0.2) is 23.8 Å². The molecule has 3 rings (SSSR count). The molecule has 28 heavy (non-hydrogen) atoms. The number of nitrogens with two attached hydrogens (primary N) is 1. The summed E-state index contributed by atoms with van der Waals surface area (Å²) in [5.74, 6) is 1.33. The minimum Gasteiger partial charge on any atom is -0.390 e. The zero-order chi connectivity index (χ0) is 18.7. The monoisotopic (exact) mass is 428 g/mol. The summed E-state index contributed by atoms with van der Waals surface area (Å²) in [7, 11) is 0. The highest BCUT2D eigenvalue weighted by Crippen LogP contribution is 2.45. The first-order chi connectivity index (χ1) is 12.4. The van der Waals surface area contributed by atoms with E-state index in [1.807, 2.05) is 24.3 Å². The molecule has 152 valence electrons. The Morgan fingerprint density at radius 1 is 1.14 bits per heavy atom.